The molecule has 1 aliphatic heterocycles. The molecule has 162 valence electrons. The van der Waals surface area contributed by atoms with Gasteiger partial charge in [-0.3, -0.25) is 4.79 Å². The normalized spacial score (nSPS) is 18.2. The first-order valence-electron chi connectivity index (χ1n) is 10.7. The molecule has 0 bridgehead atoms. The van der Waals surface area contributed by atoms with Gasteiger partial charge in [-0.15, -0.1) is 0 Å². The number of pyridine rings is 1. The standard InChI is InChI=1S/C24H28BrN5O/c1-15-16(2)29-22-18(7-5-8-19(22)28-15)23(31)30-12-6-11-24(3,4)20(30)14-27-21-10-9-17(25)13-26-21/h5,7-10,13,20H,6,11-12,14H2,1-4H3,(H,26,27)/t20-/m1/s1. The number of rotatable bonds is 4. The number of halogens is 1. The lowest BCUT2D eigenvalue weighted by atomic mass is 9.76. The molecule has 1 fully saturated rings. The maximum atomic E-state index is 13.8. The molecular weight excluding hydrogens is 454 g/mol. The van der Waals surface area contributed by atoms with Crippen molar-refractivity contribution in [3.63, 3.8) is 0 Å². The van der Waals surface area contributed by atoms with Crippen LogP contribution >= 0.6 is 15.9 Å². The van der Waals surface area contributed by atoms with Crippen LogP contribution < -0.4 is 5.32 Å². The van der Waals surface area contributed by atoms with Crippen LogP contribution in [0.4, 0.5) is 5.82 Å². The average Bonchev–Trinajstić information content (AvgIpc) is 2.73. The SMILES string of the molecule is Cc1nc2cccc(C(=O)N3CCCC(C)(C)[C@H]3CNc3ccc(Br)cn3)c2nc1C. The average molecular weight is 482 g/mol. The van der Waals surface area contributed by atoms with Crippen LogP contribution in [0.5, 0.6) is 0 Å². The number of carbonyl (C=O) groups excluding carboxylic acids is 1. The van der Waals surface area contributed by atoms with Crippen molar-refractivity contribution in [3.05, 3.63) is 58.0 Å². The Hall–Kier alpha value is -2.54. The van der Waals surface area contributed by atoms with Crippen molar-refractivity contribution >= 4 is 38.7 Å². The maximum Gasteiger partial charge on any atom is 0.256 e. The van der Waals surface area contributed by atoms with Crippen molar-refractivity contribution in [2.45, 2.75) is 46.6 Å². The highest BCUT2D eigenvalue weighted by Gasteiger charge is 2.40. The quantitative estimate of drug-likeness (QED) is 0.557. The smallest absolute Gasteiger partial charge is 0.256 e. The van der Waals surface area contributed by atoms with Gasteiger partial charge in [0, 0.05) is 23.8 Å². The van der Waals surface area contributed by atoms with E-state index in [2.05, 4.69) is 45.1 Å². The third-order valence-corrected chi connectivity index (χ3v) is 6.77. The molecule has 31 heavy (non-hydrogen) atoms. The van der Waals surface area contributed by atoms with Gasteiger partial charge in [-0.05, 0) is 72.3 Å². The second-order valence-electron chi connectivity index (χ2n) is 8.92. The first-order chi connectivity index (χ1) is 14.8. The van der Waals surface area contributed by atoms with Crippen LogP contribution in [-0.4, -0.2) is 44.9 Å². The number of fused-ring (bicyclic) bond motifs is 1. The highest BCUT2D eigenvalue weighted by molar-refractivity contribution is 9.10. The molecule has 1 amide bonds. The number of likely N-dealkylation sites (tertiary alicyclic amines) is 1. The number of aromatic nitrogens is 3. The predicted octanol–water partition coefficient (Wildman–Crippen LogP) is 5.15. The summed E-state index contributed by atoms with van der Waals surface area (Å²) < 4.78 is 0.940. The number of anilines is 1. The molecule has 3 aromatic rings. The fourth-order valence-electron chi connectivity index (χ4n) is 4.34. The second kappa shape index (κ2) is 8.54. The number of hydrogen-bond acceptors (Lipinski definition) is 5. The van der Waals surface area contributed by atoms with Crippen molar-refractivity contribution in [2.24, 2.45) is 5.41 Å². The monoisotopic (exact) mass is 481 g/mol. The lowest BCUT2D eigenvalue weighted by molar-refractivity contribution is 0.0321. The number of carbonyl (C=O) groups is 1. The van der Waals surface area contributed by atoms with Crippen LogP contribution in [0.25, 0.3) is 11.0 Å². The van der Waals surface area contributed by atoms with Crippen molar-refractivity contribution in [3.8, 4) is 0 Å². The number of hydrogen-bond donors (Lipinski definition) is 1. The summed E-state index contributed by atoms with van der Waals surface area (Å²) in [6, 6.07) is 9.63. The molecule has 0 radical (unpaired) electrons. The van der Waals surface area contributed by atoms with Crippen LogP contribution in [0.1, 0.15) is 48.4 Å². The summed E-state index contributed by atoms with van der Waals surface area (Å²) in [6.07, 6.45) is 3.83. The lowest BCUT2D eigenvalue weighted by Crippen LogP contribution is -2.55. The van der Waals surface area contributed by atoms with Crippen LogP contribution in [0.15, 0.2) is 41.0 Å². The van der Waals surface area contributed by atoms with Crippen LogP contribution in [0.2, 0.25) is 0 Å². The molecule has 3 heterocycles. The summed E-state index contributed by atoms with van der Waals surface area (Å²) >= 11 is 3.42. The highest BCUT2D eigenvalue weighted by atomic mass is 79.9. The second-order valence-corrected chi connectivity index (χ2v) is 9.83. The molecule has 1 atom stereocenters. The van der Waals surface area contributed by atoms with E-state index in [-0.39, 0.29) is 17.4 Å². The fourth-order valence-corrected chi connectivity index (χ4v) is 4.57. The lowest BCUT2D eigenvalue weighted by Gasteiger charge is -2.46. The van der Waals surface area contributed by atoms with Gasteiger partial charge in [-0.25, -0.2) is 15.0 Å². The summed E-state index contributed by atoms with van der Waals surface area (Å²) in [5, 5.41) is 3.43. The van der Waals surface area contributed by atoms with E-state index >= 15 is 0 Å². The van der Waals surface area contributed by atoms with Gasteiger partial charge in [-0.2, -0.15) is 0 Å². The van der Waals surface area contributed by atoms with Crippen LogP contribution in [0, 0.1) is 19.3 Å². The minimum atomic E-state index is -0.0148. The summed E-state index contributed by atoms with van der Waals surface area (Å²) in [5.41, 5.74) is 3.79. The summed E-state index contributed by atoms with van der Waals surface area (Å²) in [5.74, 6) is 0.825. The Labute approximate surface area is 191 Å². The first kappa shape index (κ1) is 21.7. The van der Waals surface area contributed by atoms with Gasteiger partial charge in [0.05, 0.1) is 28.5 Å². The molecule has 2 aromatic heterocycles. The molecule has 0 saturated carbocycles. The largest absolute Gasteiger partial charge is 0.368 e. The molecule has 6 nitrogen and oxygen atoms in total. The van der Waals surface area contributed by atoms with Crippen molar-refractivity contribution < 1.29 is 4.79 Å². The predicted molar refractivity (Wildman–Crippen MR) is 127 cm³/mol. The van der Waals surface area contributed by atoms with Crippen molar-refractivity contribution in [2.75, 3.05) is 18.4 Å². The minimum Gasteiger partial charge on any atom is -0.368 e. The van der Waals surface area contributed by atoms with E-state index in [0.29, 0.717) is 17.6 Å². The third-order valence-electron chi connectivity index (χ3n) is 6.30. The number of para-hydroxylation sites is 1. The van der Waals surface area contributed by atoms with Crippen molar-refractivity contribution in [1.82, 2.24) is 19.9 Å². The van der Waals surface area contributed by atoms with Crippen LogP contribution in [0.3, 0.4) is 0 Å². The zero-order valence-corrected chi connectivity index (χ0v) is 20.0. The van der Waals surface area contributed by atoms with Crippen LogP contribution in [-0.2, 0) is 0 Å². The molecule has 1 aliphatic rings. The molecule has 7 heteroatoms. The van der Waals surface area contributed by atoms with E-state index in [1.165, 1.54) is 0 Å². The molecule has 1 saturated heterocycles. The Kier molecular flexibility index (Phi) is 5.97. The van der Waals surface area contributed by atoms with E-state index in [4.69, 9.17) is 4.98 Å². The molecule has 0 unspecified atom stereocenters. The van der Waals surface area contributed by atoms with Gasteiger partial charge < -0.3 is 10.2 Å². The Morgan fingerprint density at radius 2 is 1.97 bits per heavy atom. The number of benzene rings is 1. The number of aryl methyl sites for hydroxylation is 2. The molecule has 4 rings (SSSR count). The van der Waals surface area contributed by atoms with E-state index in [1.54, 1.807) is 6.20 Å². The number of nitrogens with zero attached hydrogens (tertiary/aromatic N) is 4. The number of nitrogens with one attached hydrogen (secondary N) is 1. The van der Waals surface area contributed by atoms with Gasteiger partial charge in [0.1, 0.15) is 11.3 Å². The minimum absolute atomic E-state index is 0.0148. The van der Waals surface area contributed by atoms with Gasteiger partial charge in [0.15, 0.2) is 0 Å². The summed E-state index contributed by atoms with van der Waals surface area (Å²) in [7, 11) is 0. The summed E-state index contributed by atoms with van der Waals surface area (Å²) in [6.45, 7) is 9.74. The van der Waals surface area contributed by atoms with E-state index in [9.17, 15) is 4.79 Å². The van der Waals surface area contributed by atoms with E-state index in [1.807, 2.05) is 49.1 Å². The third kappa shape index (κ3) is 4.42. The number of piperidine rings is 1. The van der Waals surface area contributed by atoms with Gasteiger partial charge in [0.25, 0.3) is 5.91 Å². The van der Waals surface area contributed by atoms with Crippen molar-refractivity contribution in [1.29, 1.82) is 0 Å². The van der Waals surface area contributed by atoms with Gasteiger partial charge in [0.2, 0.25) is 0 Å². The highest BCUT2D eigenvalue weighted by Crippen LogP contribution is 2.36. The Morgan fingerprint density at radius 1 is 1.19 bits per heavy atom. The molecule has 1 aromatic carbocycles. The Balaban J connectivity index is 1.65. The Bertz CT molecular complexity index is 1110. The Morgan fingerprint density at radius 3 is 2.71 bits per heavy atom. The molecule has 0 aliphatic carbocycles. The van der Waals surface area contributed by atoms with E-state index < -0.39 is 0 Å². The van der Waals surface area contributed by atoms with Gasteiger partial charge >= 0.3 is 0 Å². The maximum absolute atomic E-state index is 13.8. The van der Waals surface area contributed by atoms with Gasteiger partial charge in [-0.1, -0.05) is 19.9 Å². The van der Waals surface area contributed by atoms with E-state index in [0.717, 1.165) is 46.6 Å². The molecule has 1 N–H and O–H groups in total. The zero-order chi connectivity index (χ0) is 22.2. The molecule has 0 spiro atoms. The number of amides is 1. The molecular formula is C24H28BrN5O. The topological polar surface area (TPSA) is 71.0 Å². The zero-order valence-electron chi connectivity index (χ0n) is 18.4. The first-order valence-corrected chi connectivity index (χ1v) is 11.5. The fraction of sp³-hybridized carbons (Fsp3) is 0.417. The summed E-state index contributed by atoms with van der Waals surface area (Å²) in [4.78, 5) is 29.6.